The minimum atomic E-state index is -4.53. The molecule has 5 nitrogen and oxygen atoms in total. The zero-order valence-corrected chi connectivity index (χ0v) is 17.0. The number of para-hydroxylation sites is 2. The molecule has 0 amide bonds. The maximum absolute atomic E-state index is 13.3. The molecule has 0 saturated heterocycles. The molecule has 1 aromatic heterocycles. The van der Waals surface area contributed by atoms with Crippen molar-refractivity contribution >= 4 is 17.1 Å². The van der Waals surface area contributed by atoms with Gasteiger partial charge in [-0.15, -0.1) is 0 Å². The van der Waals surface area contributed by atoms with Crippen LogP contribution in [0.5, 0.6) is 5.75 Å². The largest absolute Gasteiger partial charge is 0.493 e. The lowest BCUT2D eigenvalue weighted by Gasteiger charge is -2.12. The van der Waals surface area contributed by atoms with Gasteiger partial charge in [-0.3, -0.25) is 4.79 Å². The second kappa shape index (κ2) is 8.66. The van der Waals surface area contributed by atoms with Gasteiger partial charge in [0.25, 0.3) is 5.56 Å². The molecule has 0 aliphatic rings. The Labute approximate surface area is 181 Å². The lowest BCUT2D eigenvalue weighted by molar-refractivity contribution is -0.137. The van der Waals surface area contributed by atoms with Crippen LogP contribution in [0.25, 0.3) is 22.3 Å². The van der Waals surface area contributed by atoms with Gasteiger partial charge in [0.05, 0.1) is 29.3 Å². The summed E-state index contributed by atoms with van der Waals surface area (Å²) in [5, 5.41) is 4.60. The molecule has 162 valence electrons. The zero-order valence-electron chi connectivity index (χ0n) is 17.0. The average Bonchev–Trinajstić information content (AvgIpc) is 2.79. The number of halogens is 3. The molecule has 0 bridgehead atoms. The third-order valence-electron chi connectivity index (χ3n) is 4.73. The first-order valence-corrected chi connectivity index (χ1v) is 9.84. The highest BCUT2D eigenvalue weighted by Crippen LogP contribution is 2.32. The van der Waals surface area contributed by atoms with Crippen molar-refractivity contribution in [2.45, 2.75) is 13.1 Å². The van der Waals surface area contributed by atoms with E-state index in [0.717, 1.165) is 16.8 Å². The van der Waals surface area contributed by atoms with Crippen LogP contribution in [0.2, 0.25) is 0 Å². The van der Waals surface area contributed by atoms with E-state index < -0.39 is 17.3 Å². The lowest BCUT2D eigenvalue weighted by Crippen LogP contribution is -2.20. The van der Waals surface area contributed by atoms with E-state index in [1.807, 2.05) is 6.92 Å². The molecule has 0 spiro atoms. The van der Waals surface area contributed by atoms with E-state index in [2.05, 4.69) is 10.1 Å². The third-order valence-corrected chi connectivity index (χ3v) is 4.73. The molecule has 0 fully saturated rings. The molecule has 0 atom stereocenters. The van der Waals surface area contributed by atoms with E-state index in [4.69, 9.17) is 4.74 Å². The van der Waals surface area contributed by atoms with E-state index in [9.17, 15) is 18.0 Å². The summed E-state index contributed by atoms with van der Waals surface area (Å²) < 4.78 is 46.4. The molecule has 32 heavy (non-hydrogen) atoms. The Hall–Kier alpha value is -3.94. The number of nitrogens with zero attached hydrogens (tertiary/aromatic N) is 3. The van der Waals surface area contributed by atoms with E-state index >= 15 is 0 Å². The molecular weight excluding hydrogens is 419 g/mol. The Balaban J connectivity index is 1.93. The second-order valence-electron chi connectivity index (χ2n) is 6.86. The summed E-state index contributed by atoms with van der Waals surface area (Å²) in [6, 6.07) is 18.4. The standard InChI is InChI=1S/C24H18F3N3O2/c1-2-32-21-13-6-3-8-17(21)15-28-30-22(16-9-7-10-18(14-16)24(25,26)27)29-20-12-5-4-11-19(20)23(30)31/h3-15H,2H2,1H3. The van der Waals surface area contributed by atoms with E-state index in [1.54, 1.807) is 48.5 Å². The fraction of sp³-hybridized carbons (Fsp3) is 0.125. The fourth-order valence-corrected chi connectivity index (χ4v) is 3.25. The minimum absolute atomic E-state index is 0.00458. The first-order valence-electron chi connectivity index (χ1n) is 9.84. The Morgan fingerprint density at radius 3 is 2.56 bits per heavy atom. The van der Waals surface area contributed by atoms with Crippen molar-refractivity contribution in [1.29, 1.82) is 0 Å². The Morgan fingerprint density at radius 1 is 1.03 bits per heavy atom. The zero-order chi connectivity index (χ0) is 22.7. The Kier molecular flexibility index (Phi) is 5.77. The van der Waals surface area contributed by atoms with Crippen molar-refractivity contribution in [3.63, 3.8) is 0 Å². The minimum Gasteiger partial charge on any atom is -0.493 e. The van der Waals surface area contributed by atoms with Gasteiger partial charge >= 0.3 is 6.18 Å². The maximum Gasteiger partial charge on any atom is 0.416 e. The van der Waals surface area contributed by atoms with Crippen molar-refractivity contribution in [3.8, 4) is 17.1 Å². The fourth-order valence-electron chi connectivity index (χ4n) is 3.25. The Bertz CT molecular complexity index is 1360. The smallest absolute Gasteiger partial charge is 0.416 e. The molecule has 1 heterocycles. The number of ether oxygens (including phenoxy) is 1. The molecule has 3 aromatic carbocycles. The van der Waals surface area contributed by atoms with Crippen LogP contribution in [-0.2, 0) is 6.18 Å². The number of aromatic nitrogens is 2. The molecule has 4 aromatic rings. The second-order valence-corrected chi connectivity index (χ2v) is 6.86. The number of hydrogen-bond acceptors (Lipinski definition) is 4. The summed E-state index contributed by atoms with van der Waals surface area (Å²) >= 11 is 0. The quantitative estimate of drug-likeness (QED) is 0.395. The summed E-state index contributed by atoms with van der Waals surface area (Å²) in [6.45, 7) is 2.29. The monoisotopic (exact) mass is 437 g/mol. The van der Waals surface area contributed by atoms with Crippen LogP contribution in [0.3, 0.4) is 0 Å². The average molecular weight is 437 g/mol. The number of alkyl halides is 3. The summed E-state index contributed by atoms with van der Waals surface area (Å²) in [7, 11) is 0. The van der Waals surface area contributed by atoms with Crippen molar-refractivity contribution < 1.29 is 17.9 Å². The number of benzene rings is 3. The maximum atomic E-state index is 13.3. The van der Waals surface area contributed by atoms with Crippen LogP contribution >= 0.6 is 0 Å². The van der Waals surface area contributed by atoms with Gasteiger partial charge in [0, 0.05) is 11.1 Å². The molecule has 8 heteroatoms. The normalized spacial score (nSPS) is 11.9. The first kappa shape index (κ1) is 21.3. The highest BCUT2D eigenvalue weighted by Gasteiger charge is 2.30. The molecule has 0 saturated carbocycles. The van der Waals surface area contributed by atoms with Gasteiger partial charge < -0.3 is 4.74 Å². The number of rotatable bonds is 5. The highest BCUT2D eigenvalue weighted by molar-refractivity contribution is 5.84. The van der Waals surface area contributed by atoms with Gasteiger partial charge in [-0.05, 0) is 43.3 Å². The molecular formula is C24H18F3N3O2. The number of hydrogen-bond donors (Lipinski definition) is 0. The van der Waals surface area contributed by atoms with Gasteiger partial charge in [0.15, 0.2) is 5.82 Å². The molecule has 0 aliphatic heterocycles. The van der Waals surface area contributed by atoms with Crippen molar-refractivity contribution in [2.24, 2.45) is 5.10 Å². The number of fused-ring (bicyclic) bond motifs is 1. The Morgan fingerprint density at radius 2 is 1.78 bits per heavy atom. The van der Waals surface area contributed by atoms with Gasteiger partial charge in [0.2, 0.25) is 0 Å². The van der Waals surface area contributed by atoms with Gasteiger partial charge in [-0.2, -0.15) is 22.9 Å². The van der Waals surface area contributed by atoms with Crippen LogP contribution in [0.4, 0.5) is 13.2 Å². The molecule has 0 unspecified atom stereocenters. The van der Waals surface area contributed by atoms with Gasteiger partial charge in [0.1, 0.15) is 5.75 Å². The van der Waals surface area contributed by atoms with Crippen molar-refractivity contribution in [3.05, 3.63) is 94.3 Å². The van der Waals surface area contributed by atoms with Crippen molar-refractivity contribution in [2.75, 3.05) is 6.61 Å². The van der Waals surface area contributed by atoms with Crippen LogP contribution in [0.1, 0.15) is 18.1 Å². The molecule has 0 radical (unpaired) electrons. The van der Waals surface area contributed by atoms with Gasteiger partial charge in [-0.1, -0.05) is 36.4 Å². The summed E-state index contributed by atoms with van der Waals surface area (Å²) in [5.41, 5.74) is -0.226. The van der Waals surface area contributed by atoms with Crippen LogP contribution in [0.15, 0.2) is 82.7 Å². The van der Waals surface area contributed by atoms with Crippen molar-refractivity contribution in [1.82, 2.24) is 9.66 Å². The van der Waals surface area contributed by atoms with Crippen LogP contribution in [0, 0.1) is 0 Å². The lowest BCUT2D eigenvalue weighted by atomic mass is 10.1. The molecule has 4 rings (SSSR count). The highest BCUT2D eigenvalue weighted by atomic mass is 19.4. The van der Waals surface area contributed by atoms with E-state index in [-0.39, 0.29) is 11.4 Å². The molecule has 0 aliphatic carbocycles. The van der Waals surface area contributed by atoms with Crippen LogP contribution in [-0.4, -0.2) is 22.5 Å². The first-order chi connectivity index (χ1) is 15.4. The summed E-state index contributed by atoms with van der Waals surface area (Å²) in [4.78, 5) is 17.6. The topological polar surface area (TPSA) is 56.5 Å². The van der Waals surface area contributed by atoms with Gasteiger partial charge in [-0.25, -0.2) is 4.98 Å². The predicted octanol–water partition coefficient (Wildman–Crippen LogP) is 5.36. The molecule has 0 N–H and O–H groups in total. The van der Waals surface area contributed by atoms with E-state index in [0.29, 0.717) is 28.8 Å². The van der Waals surface area contributed by atoms with Crippen LogP contribution < -0.4 is 10.3 Å². The predicted molar refractivity (Wildman–Crippen MR) is 117 cm³/mol. The third kappa shape index (κ3) is 4.25. The SMILES string of the molecule is CCOc1ccccc1C=Nn1c(-c2cccc(C(F)(F)F)c2)nc2ccccc2c1=O. The van der Waals surface area contributed by atoms with E-state index in [1.165, 1.54) is 18.3 Å². The summed E-state index contributed by atoms with van der Waals surface area (Å²) in [6.07, 6.45) is -3.10. The summed E-state index contributed by atoms with van der Waals surface area (Å²) in [5.74, 6) is 0.575.